The molecule has 0 aliphatic heterocycles. The molecule has 2 atom stereocenters. The van der Waals surface area contributed by atoms with Crippen LogP contribution < -0.4 is 5.32 Å². The van der Waals surface area contributed by atoms with Crippen molar-refractivity contribution >= 4 is 23.4 Å². The summed E-state index contributed by atoms with van der Waals surface area (Å²) >= 11 is 5.57. The number of pyridine rings is 1. The quantitative estimate of drug-likeness (QED) is 0.418. The van der Waals surface area contributed by atoms with Crippen LogP contribution in [0.4, 0.5) is 10.5 Å². The zero-order valence-electron chi connectivity index (χ0n) is 12.8. The lowest BCUT2D eigenvalue weighted by Crippen LogP contribution is -2.38. The highest BCUT2D eigenvalue weighted by Gasteiger charge is 2.24. The lowest BCUT2D eigenvalue weighted by molar-refractivity contribution is -0.385. The van der Waals surface area contributed by atoms with E-state index in [4.69, 9.17) is 16.3 Å². The summed E-state index contributed by atoms with van der Waals surface area (Å²) in [6.45, 7) is 4.72. The third kappa shape index (κ3) is 5.97. The molecule has 1 rings (SSSR count). The zero-order valence-corrected chi connectivity index (χ0v) is 13.6. The van der Waals surface area contributed by atoms with Gasteiger partial charge in [-0.25, -0.2) is 9.78 Å². The van der Waals surface area contributed by atoms with E-state index in [0.717, 1.165) is 12.3 Å². The highest BCUT2D eigenvalue weighted by atomic mass is 35.5. The van der Waals surface area contributed by atoms with Crippen molar-refractivity contribution in [2.75, 3.05) is 6.54 Å². The minimum atomic E-state index is -1.49. The van der Waals surface area contributed by atoms with Crippen LogP contribution in [0.15, 0.2) is 12.3 Å². The molecule has 3 N–H and O–H groups in total. The van der Waals surface area contributed by atoms with Crippen LogP contribution in [0.3, 0.4) is 0 Å². The fourth-order valence-corrected chi connectivity index (χ4v) is 1.75. The molecule has 0 radical (unpaired) electrons. The van der Waals surface area contributed by atoms with Crippen molar-refractivity contribution in [3.05, 3.63) is 33.1 Å². The van der Waals surface area contributed by atoms with Crippen LogP contribution in [-0.4, -0.2) is 44.5 Å². The first-order valence-corrected chi connectivity index (χ1v) is 7.02. The van der Waals surface area contributed by atoms with Crippen molar-refractivity contribution in [1.29, 1.82) is 0 Å². The summed E-state index contributed by atoms with van der Waals surface area (Å²) in [6, 6.07) is 1.01. The summed E-state index contributed by atoms with van der Waals surface area (Å²) < 4.78 is 4.98. The predicted molar refractivity (Wildman–Crippen MR) is 81.1 cm³/mol. The van der Waals surface area contributed by atoms with Gasteiger partial charge in [0, 0.05) is 24.4 Å². The Morgan fingerprint density at radius 2 is 2.13 bits per heavy atom. The molecular formula is C13H18ClN3O6. The van der Waals surface area contributed by atoms with Gasteiger partial charge in [-0.05, 0) is 20.8 Å². The molecule has 0 bridgehead atoms. The van der Waals surface area contributed by atoms with E-state index in [1.165, 1.54) is 0 Å². The SMILES string of the molecule is CC(C)(C)OC(=O)NCC(O)C(O)c1cnc(Cl)c([N+](=O)[O-])c1. The van der Waals surface area contributed by atoms with Crippen LogP contribution in [0.2, 0.25) is 5.15 Å². The second kappa shape index (κ2) is 7.53. The number of hydrogen-bond acceptors (Lipinski definition) is 7. The Labute approximate surface area is 137 Å². The summed E-state index contributed by atoms with van der Waals surface area (Å²) in [5.41, 5.74) is -1.19. The average molecular weight is 348 g/mol. The molecule has 0 aliphatic rings. The Morgan fingerprint density at radius 3 is 2.65 bits per heavy atom. The van der Waals surface area contributed by atoms with Crippen molar-refractivity contribution in [2.45, 2.75) is 38.6 Å². The third-order valence-corrected chi connectivity index (χ3v) is 2.89. The van der Waals surface area contributed by atoms with Gasteiger partial charge < -0.3 is 20.3 Å². The number of alkyl carbamates (subject to hydrolysis) is 1. The number of carbonyl (C=O) groups is 1. The van der Waals surface area contributed by atoms with Crippen molar-refractivity contribution in [2.24, 2.45) is 0 Å². The number of nitrogens with one attached hydrogen (secondary N) is 1. The second-order valence-corrected chi connectivity index (χ2v) is 6.09. The van der Waals surface area contributed by atoms with Gasteiger partial charge in [-0.3, -0.25) is 10.1 Å². The Morgan fingerprint density at radius 1 is 1.52 bits per heavy atom. The molecule has 1 aromatic rings. The Balaban J connectivity index is 2.70. The van der Waals surface area contributed by atoms with Crippen molar-refractivity contribution < 1.29 is 24.7 Å². The van der Waals surface area contributed by atoms with Gasteiger partial charge in [0.25, 0.3) is 0 Å². The van der Waals surface area contributed by atoms with E-state index in [1.54, 1.807) is 20.8 Å². The molecule has 0 aromatic carbocycles. The molecular weight excluding hydrogens is 330 g/mol. The van der Waals surface area contributed by atoms with E-state index < -0.39 is 34.5 Å². The van der Waals surface area contributed by atoms with E-state index in [9.17, 15) is 25.1 Å². The normalized spacial score (nSPS) is 14.0. The minimum absolute atomic E-state index is 0.000381. The van der Waals surface area contributed by atoms with Gasteiger partial charge in [0.1, 0.15) is 17.8 Å². The van der Waals surface area contributed by atoms with Gasteiger partial charge in [-0.15, -0.1) is 0 Å². The number of carbonyl (C=O) groups excluding carboxylic acids is 1. The monoisotopic (exact) mass is 347 g/mol. The predicted octanol–water partition coefficient (Wildman–Crippen LogP) is 1.56. The van der Waals surface area contributed by atoms with Crippen molar-refractivity contribution in [1.82, 2.24) is 10.3 Å². The molecule has 1 amide bonds. The summed E-state index contributed by atoms with van der Waals surface area (Å²) in [5.74, 6) is 0. The second-order valence-electron chi connectivity index (χ2n) is 5.73. The summed E-state index contributed by atoms with van der Waals surface area (Å²) in [4.78, 5) is 25.1. The standard InChI is InChI=1S/C13H18ClN3O6/c1-13(2,3)23-12(20)16-6-9(18)10(19)7-4-8(17(21)22)11(14)15-5-7/h4-5,9-10,18-19H,6H2,1-3H3,(H,16,20). The topological polar surface area (TPSA) is 135 Å². The van der Waals surface area contributed by atoms with Crippen LogP contribution >= 0.6 is 11.6 Å². The van der Waals surface area contributed by atoms with Crippen LogP contribution in [0, 0.1) is 10.1 Å². The first-order chi connectivity index (χ1) is 10.5. The molecule has 128 valence electrons. The molecule has 9 nitrogen and oxygen atoms in total. The highest BCUT2D eigenvalue weighted by Crippen LogP contribution is 2.26. The Kier molecular flexibility index (Phi) is 6.25. The van der Waals surface area contributed by atoms with Crippen LogP contribution in [0.5, 0.6) is 0 Å². The number of amides is 1. The van der Waals surface area contributed by atoms with Crippen LogP contribution in [-0.2, 0) is 4.74 Å². The summed E-state index contributed by atoms with van der Waals surface area (Å²) in [6.07, 6.45) is -2.56. The van der Waals surface area contributed by atoms with E-state index in [-0.39, 0.29) is 17.3 Å². The number of hydrogen-bond donors (Lipinski definition) is 3. The molecule has 10 heteroatoms. The van der Waals surface area contributed by atoms with Crippen molar-refractivity contribution in [3.63, 3.8) is 0 Å². The smallest absolute Gasteiger partial charge is 0.407 e. The highest BCUT2D eigenvalue weighted by molar-refractivity contribution is 6.31. The van der Waals surface area contributed by atoms with E-state index in [2.05, 4.69) is 10.3 Å². The number of nitro groups is 1. The number of halogens is 1. The molecule has 0 aliphatic carbocycles. The fourth-order valence-electron chi connectivity index (χ4n) is 1.58. The number of ether oxygens (including phenoxy) is 1. The van der Waals surface area contributed by atoms with E-state index in [1.807, 2.05) is 0 Å². The van der Waals surface area contributed by atoms with Gasteiger partial charge in [-0.1, -0.05) is 11.6 Å². The van der Waals surface area contributed by atoms with Gasteiger partial charge in [0.15, 0.2) is 0 Å². The molecule has 0 saturated heterocycles. The molecule has 1 heterocycles. The van der Waals surface area contributed by atoms with Gasteiger partial charge in [0.05, 0.1) is 4.92 Å². The number of aliphatic hydroxyl groups excluding tert-OH is 2. The number of aromatic nitrogens is 1. The zero-order chi connectivity index (χ0) is 17.8. The average Bonchev–Trinajstić information content (AvgIpc) is 2.42. The van der Waals surface area contributed by atoms with Gasteiger partial charge >= 0.3 is 11.8 Å². The lowest BCUT2D eigenvalue weighted by Gasteiger charge is -2.22. The number of rotatable bonds is 5. The first-order valence-electron chi connectivity index (χ1n) is 6.64. The van der Waals surface area contributed by atoms with Gasteiger partial charge in [-0.2, -0.15) is 0 Å². The number of aliphatic hydroxyl groups is 2. The summed E-state index contributed by atoms with van der Waals surface area (Å²) in [7, 11) is 0. The maximum atomic E-state index is 11.5. The third-order valence-electron chi connectivity index (χ3n) is 2.60. The van der Waals surface area contributed by atoms with Crippen molar-refractivity contribution in [3.8, 4) is 0 Å². The van der Waals surface area contributed by atoms with Gasteiger partial charge in [0.2, 0.25) is 5.15 Å². The Bertz CT molecular complexity index is 590. The van der Waals surface area contributed by atoms with E-state index in [0.29, 0.717) is 0 Å². The van der Waals surface area contributed by atoms with Crippen LogP contribution in [0.25, 0.3) is 0 Å². The fraction of sp³-hybridized carbons (Fsp3) is 0.538. The number of nitrogens with zero attached hydrogens (tertiary/aromatic N) is 2. The first kappa shape index (κ1) is 19.1. The van der Waals surface area contributed by atoms with E-state index >= 15 is 0 Å². The lowest BCUT2D eigenvalue weighted by atomic mass is 10.1. The molecule has 1 aromatic heterocycles. The maximum Gasteiger partial charge on any atom is 0.407 e. The van der Waals surface area contributed by atoms with Crippen LogP contribution in [0.1, 0.15) is 32.4 Å². The summed E-state index contributed by atoms with van der Waals surface area (Å²) in [5, 5.41) is 32.6. The molecule has 2 unspecified atom stereocenters. The molecule has 23 heavy (non-hydrogen) atoms. The Hall–Kier alpha value is -1.97. The minimum Gasteiger partial charge on any atom is -0.444 e. The maximum absolute atomic E-state index is 11.5. The largest absolute Gasteiger partial charge is 0.444 e. The molecule has 0 spiro atoms. The molecule has 0 fully saturated rings. The molecule has 0 saturated carbocycles.